The fourth-order valence-corrected chi connectivity index (χ4v) is 4.07. The predicted octanol–water partition coefficient (Wildman–Crippen LogP) is 4.27. The maximum absolute atomic E-state index is 13.0. The molecule has 2 aromatic heterocycles. The highest BCUT2D eigenvalue weighted by molar-refractivity contribution is 7.14. The number of hydrogen-bond acceptors (Lipinski definition) is 4. The maximum Gasteiger partial charge on any atom is 0.262 e. The van der Waals surface area contributed by atoms with Crippen molar-refractivity contribution in [1.29, 1.82) is 0 Å². The first-order chi connectivity index (χ1) is 13.0. The van der Waals surface area contributed by atoms with Gasteiger partial charge in [0.2, 0.25) is 0 Å². The van der Waals surface area contributed by atoms with Gasteiger partial charge in [0.15, 0.2) is 0 Å². The summed E-state index contributed by atoms with van der Waals surface area (Å²) in [5, 5.41) is 3.16. The molecular formula is C21H25N3O2S. The first kappa shape index (κ1) is 19.2. The number of aryl methyl sites for hydroxylation is 3. The fourth-order valence-electron chi connectivity index (χ4n) is 3.10. The molecule has 1 aromatic carbocycles. The van der Waals surface area contributed by atoms with Gasteiger partial charge in [-0.2, -0.15) is 0 Å². The molecule has 27 heavy (non-hydrogen) atoms. The minimum atomic E-state index is -0.333. The van der Waals surface area contributed by atoms with E-state index in [9.17, 15) is 4.79 Å². The third-order valence-corrected chi connectivity index (χ3v) is 5.70. The third kappa shape index (κ3) is 4.22. The standard InChI is InChI=1S/C21H25N3O2S/c1-5-6-16-13-18(27-14(16)2)21(25)23-19(20-22-11-12-24(20)3)15-7-9-17(26-4)10-8-15/h7-13,19H,5-6H2,1-4H3,(H,23,25). The molecule has 0 aliphatic heterocycles. The zero-order valence-corrected chi connectivity index (χ0v) is 17.0. The summed E-state index contributed by atoms with van der Waals surface area (Å²) in [5.74, 6) is 1.49. The van der Waals surface area contributed by atoms with Crippen LogP contribution in [0, 0.1) is 6.92 Å². The number of thiophene rings is 1. The third-order valence-electron chi connectivity index (χ3n) is 4.60. The minimum absolute atomic E-state index is 0.0747. The molecule has 2 heterocycles. The van der Waals surface area contributed by atoms with Gasteiger partial charge in [-0.05, 0) is 42.7 Å². The molecule has 5 nitrogen and oxygen atoms in total. The molecule has 3 rings (SSSR count). The quantitative estimate of drug-likeness (QED) is 0.663. The monoisotopic (exact) mass is 383 g/mol. The number of rotatable bonds is 7. The number of methoxy groups -OCH3 is 1. The first-order valence-corrected chi connectivity index (χ1v) is 9.86. The Morgan fingerprint density at radius 1 is 1.33 bits per heavy atom. The molecule has 0 bridgehead atoms. The Morgan fingerprint density at radius 2 is 2.07 bits per heavy atom. The Labute approximate surface area is 164 Å². The number of ether oxygens (including phenoxy) is 1. The highest BCUT2D eigenvalue weighted by atomic mass is 32.1. The molecule has 0 saturated heterocycles. The summed E-state index contributed by atoms with van der Waals surface area (Å²) in [4.78, 5) is 19.4. The number of nitrogens with zero attached hydrogens (tertiary/aromatic N) is 2. The zero-order valence-electron chi connectivity index (χ0n) is 16.2. The number of imidazole rings is 1. The van der Waals surface area contributed by atoms with Gasteiger partial charge in [-0.15, -0.1) is 11.3 Å². The van der Waals surface area contributed by atoms with Crippen molar-refractivity contribution >= 4 is 17.2 Å². The molecule has 0 fully saturated rings. The van der Waals surface area contributed by atoms with Crippen LogP contribution in [0.2, 0.25) is 0 Å². The normalized spacial score (nSPS) is 12.0. The summed E-state index contributed by atoms with van der Waals surface area (Å²) in [7, 11) is 3.57. The van der Waals surface area contributed by atoms with E-state index in [2.05, 4.69) is 24.1 Å². The predicted molar refractivity (Wildman–Crippen MR) is 109 cm³/mol. The lowest BCUT2D eigenvalue weighted by atomic mass is 10.1. The Bertz CT molecular complexity index is 912. The SMILES string of the molecule is CCCc1cc(C(=O)NC(c2ccc(OC)cc2)c2nccn2C)sc1C. The second-order valence-electron chi connectivity index (χ2n) is 6.52. The van der Waals surface area contributed by atoms with Gasteiger partial charge in [0.05, 0.1) is 12.0 Å². The summed E-state index contributed by atoms with van der Waals surface area (Å²) in [5.41, 5.74) is 2.21. The van der Waals surface area contributed by atoms with E-state index in [1.165, 1.54) is 10.4 Å². The number of hydrogen-bond donors (Lipinski definition) is 1. The Hall–Kier alpha value is -2.60. The summed E-state index contributed by atoms with van der Waals surface area (Å²) >= 11 is 1.55. The zero-order chi connectivity index (χ0) is 19.4. The number of carbonyl (C=O) groups is 1. The molecule has 142 valence electrons. The molecule has 1 N–H and O–H groups in total. The van der Waals surface area contributed by atoms with Crippen molar-refractivity contribution in [1.82, 2.24) is 14.9 Å². The number of benzene rings is 1. The molecular weight excluding hydrogens is 358 g/mol. The summed E-state index contributed by atoms with van der Waals surface area (Å²) in [6, 6.07) is 9.39. The van der Waals surface area contributed by atoms with E-state index >= 15 is 0 Å². The molecule has 0 spiro atoms. The average Bonchev–Trinajstić information content (AvgIpc) is 3.26. The summed E-state index contributed by atoms with van der Waals surface area (Å²) in [6.45, 7) is 4.23. The smallest absolute Gasteiger partial charge is 0.262 e. The summed E-state index contributed by atoms with van der Waals surface area (Å²) in [6.07, 6.45) is 5.69. The largest absolute Gasteiger partial charge is 0.497 e. The van der Waals surface area contributed by atoms with Gasteiger partial charge in [0, 0.05) is 24.3 Å². The Balaban J connectivity index is 1.90. The van der Waals surface area contributed by atoms with E-state index in [0.29, 0.717) is 0 Å². The Kier molecular flexibility index (Phi) is 5.96. The second-order valence-corrected chi connectivity index (χ2v) is 7.77. The topological polar surface area (TPSA) is 56.1 Å². The van der Waals surface area contributed by atoms with Crippen molar-refractivity contribution in [2.75, 3.05) is 7.11 Å². The molecule has 0 radical (unpaired) electrons. The van der Waals surface area contributed by atoms with E-state index in [-0.39, 0.29) is 11.9 Å². The van der Waals surface area contributed by atoms with Crippen LogP contribution < -0.4 is 10.1 Å². The van der Waals surface area contributed by atoms with Crippen LogP contribution in [0.4, 0.5) is 0 Å². The van der Waals surface area contributed by atoms with E-state index in [0.717, 1.165) is 34.9 Å². The van der Waals surface area contributed by atoms with Crippen LogP contribution in [-0.4, -0.2) is 22.6 Å². The molecule has 1 unspecified atom stereocenters. The average molecular weight is 384 g/mol. The number of amides is 1. The molecule has 1 atom stereocenters. The highest BCUT2D eigenvalue weighted by Crippen LogP contribution is 2.26. The second kappa shape index (κ2) is 8.39. The lowest BCUT2D eigenvalue weighted by Crippen LogP contribution is -2.30. The van der Waals surface area contributed by atoms with Crippen LogP contribution in [0.5, 0.6) is 5.75 Å². The molecule has 0 saturated carbocycles. The molecule has 1 amide bonds. The van der Waals surface area contributed by atoms with Gasteiger partial charge in [-0.25, -0.2) is 4.98 Å². The molecule has 3 aromatic rings. The van der Waals surface area contributed by atoms with Crippen LogP contribution >= 0.6 is 11.3 Å². The number of aromatic nitrogens is 2. The highest BCUT2D eigenvalue weighted by Gasteiger charge is 2.23. The lowest BCUT2D eigenvalue weighted by Gasteiger charge is -2.19. The van der Waals surface area contributed by atoms with Gasteiger partial charge >= 0.3 is 0 Å². The summed E-state index contributed by atoms with van der Waals surface area (Å²) < 4.78 is 7.17. The van der Waals surface area contributed by atoms with Crippen molar-refractivity contribution in [2.24, 2.45) is 7.05 Å². The molecule has 6 heteroatoms. The first-order valence-electron chi connectivity index (χ1n) is 9.04. The number of carbonyl (C=O) groups excluding carboxylic acids is 1. The van der Waals surface area contributed by atoms with Crippen LogP contribution in [0.25, 0.3) is 0 Å². The van der Waals surface area contributed by atoms with Gasteiger partial charge in [0.1, 0.15) is 17.6 Å². The Morgan fingerprint density at radius 3 is 2.67 bits per heavy atom. The number of nitrogens with one attached hydrogen (secondary N) is 1. The van der Waals surface area contributed by atoms with Gasteiger partial charge < -0.3 is 14.6 Å². The van der Waals surface area contributed by atoms with E-state index < -0.39 is 0 Å². The van der Waals surface area contributed by atoms with Crippen LogP contribution in [0.3, 0.4) is 0 Å². The lowest BCUT2D eigenvalue weighted by molar-refractivity contribution is 0.0945. The van der Waals surface area contributed by atoms with Crippen LogP contribution in [-0.2, 0) is 13.5 Å². The molecule has 0 aliphatic carbocycles. The van der Waals surface area contributed by atoms with Gasteiger partial charge in [-0.1, -0.05) is 25.5 Å². The van der Waals surface area contributed by atoms with Gasteiger partial charge in [-0.3, -0.25) is 4.79 Å². The van der Waals surface area contributed by atoms with E-state index in [1.807, 2.05) is 48.1 Å². The van der Waals surface area contributed by atoms with Crippen molar-refractivity contribution in [2.45, 2.75) is 32.7 Å². The van der Waals surface area contributed by atoms with Crippen molar-refractivity contribution < 1.29 is 9.53 Å². The maximum atomic E-state index is 13.0. The van der Waals surface area contributed by atoms with Crippen molar-refractivity contribution in [3.63, 3.8) is 0 Å². The van der Waals surface area contributed by atoms with Crippen LogP contribution in [0.1, 0.15) is 50.9 Å². The van der Waals surface area contributed by atoms with Crippen molar-refractivity contribution in [3.8, 4) is 5.75 Å². The molecule has 0 aliphatic rings. The van der Waals surface area contributed by atoms with Crippen LogP contribution in [0.15, 0.2) is 42.7 Å². The minimum Gasteiger partial charge on any atom is -0.497 e. The van der Waals surface area contributed by atoms with Gasteiger partial charge in [0.25, 0.3) is 5.91 Å². The fraction of sp³-hybridized carbons (Fsp3) is 0.333. The van der Waals surface area contributed by atoms with E-state index in [1.54, 1.807) is 24.6 Å². The van der Waals surface area contributed by atoms with Crippen molar-refractivity contribution in [3.05, 3.63) is 69.4 Å². The van der Waals surface area contributed by atoms with E-state index in [4.69, 9.17) is 4.74 Å².